The highest BCUT2D eigenvalue weighted by atomic mass is 19.2. The minimum atomic E-state index is -1.72. The maximum Gasteiger partial charge on any atom is 0.258 e. The van der Waals surface area contributed by atoms with E-state index in [-0.39, 0.29) is 5.82 Å². The summed E-state index contributed by atoms with van der Waals surface area (Å²) in [4.78, 5) is 15.5. The fraction of sp³-hybridized carbons (Fsp3) is 0.0769. The summed E-state index contributed by atoms with van der Waals surface area (Å²) in [7, 11) is 1.40. The number of halogens is 4. The van der Waals surface area contributed by atoms with Gasteiger partial charge in [0, 0.05) is 13.2 Å². The summed E-state index contributed by atoms with van der Waals surface area (Å²) in [6, 6.07) is 2.56. The molecule has 0 fully saturated rings. The first-order valence-corrected chi connectivity index (χ1v) is 5.72. The molecule has 1 aromatic carbocycles. The number of aromatic nitrogens is 1. The van der Waals surface area contributed by atoms with Crippen molar-refractivity contribution in [2.24, 2.45) is 0 Å². The molecule has 2 rings (SSSR count). The summed E-state index contributed by atoms with van der Waals surface area (Å²) >= 11 is 0. The molecule has 0 aliphatic carbocycles. The zero-order valence-electron chi connectivity index (χ0n) is 10.7. The van der Waals surface area contributed by atoms with Crippen LogP contribution in [0.25, 0.3) is 0 Å². The number of carbonyl (C=O) groups is 1. The van der Waals surface area contributed by atoms with Gasteiger partial charge in [0.1, 0.15) is 0 Å². The molecule has 0 unspecified atom stereocenters. The van der Waals surface area contributed by atoms with Crippen LogP contribution in [0.1, 0.15) is 10.4 Å². The van der Waals surface area contributed by atoms with E-state index in [1.165, 1.54) is 13.2 Å². The van der Waals surface area contributed by atoms with E-state index in [9.17, 15) is 22.4 Å². The van der Waals surface area contributed by atoms with Crippen LogP contribution in [0.3, 0.4) is 0 Å². The predicted octanol–water partition coefficient (Wildman–Crippen LogP) is 2.93. The first-order chi connectivity index (χ1) is 9.95. The minimum absolute atomic E-state index is 0.173. The quantitative estimate of drug-likeness (QED) is 0.677. The van der Waals surface area contributed by atoms with E-state index in [0.717, 1.165) is 12.1 Å². The van der Waals surface area contributed by atoms with Gasteiger partial charge >= 0.3 is 0 Å². The standard InChI is InChI=1S/C13H9F4N3O/c1-18-12-9(15)6(4-5-19-12)13(21)20-8-3-2-7(14)10(16)11(8)17/h2-5H,1H3,(H,18,19)(H,20,21). The van der Waals surface area contributed by atoms with Crippen molar-refractivity contribution in [1.82, 2.24) is 4.98 Å². The van der Waals surface area contributed by atoms with Crippen LogP contribution in [-0.2, 0) is 0 Å². The van der Waals surface area contributed by atoms with E-state index in [1.54, 1.807) is 0 Å². The summed E-state index contributed by atoms with van der Waals surface area (Å²) in [5.41, 5.74) is -1.01. The van der Waals surface area contributed by atoms with Gasteiger partial charge in [0.15, 0.2) is 29.1 Å². The summed E-state index contributed by atoms with van der Waals surface area (Å²) < 4.78 is 53.1. The van der Waals surface area contributed by atoms with Gasteiger partial charge in [0.2, 0.25) is 0 Å². The van der Waals surface area contributed by atoms with Crippen molar-refractivity contribution >= 4 is 17.4 Å². The lowest BCUT2D eigenvalue weighted by Gasteiger charge is -2.09. The first kappa shape index (κ1) is 14.8. The van der Waals surface area contributed by atoms with E-state index in [0.29, 0.717) is 6.07 Å². The number of rotatable bonds is 3. The number of pyridine rings is 1. The summed E-state index contributed by atoms with van der Waals surface area (Å²) in [6.07, 6.45) is 1.17. The lowest BCUT2D eigenvalue weighted by molar-refractivity contribution is 0.102. The van der Waals surface area contributed by atoms with Gasteiger partial charge in [-0.25, -0.2) is 22.5 Å². The van der Waals surface area contributed by atoms with Crippen LogP contribution in [0.4, 0.5) is 29.1 Å². The fourth-order valence-electron chi connectivity index (χ4n) is 1.61. The maximum absolute atomic E-state index is 13.9. The van der Waals surface area contributed by atoms with Crippen LogP contribution in [0.15, 0.2) is 24.4 Å². The molecule has 0 bridgehead atoms. The van der Waals surface area contributed by atoms with Gasteiger partial charge in [-0.3, -0.25) is 4.79 Å². The summed E-state index contributed by atoms with van der Waals surface area (Å²) in [6.45, 7) is 0. The van der Waals surface area contributed by atoms with E-state index in [1.807, 2.05) is 5.32 Å². The van der Waals surface area contributed by atoms with Crippen molar-refractivity contribution in [2.45, 2.75) is 0 Å². The van der Waals surface area contributed by atoms with Crippen LogP contribution in [0, 0.1) is 23.3 Å². The summed E-state index contributed by atoms with van der Waals surface area (Å²) in [5, 5.41) is 4.40. The van der Waals surface area contributed by atoms with Gasteiger partial charge in [-0.1, -0.05) is 0 Å². The molecular weight excluding hydrogens is 290 g/mol. The third-order valence-electron chi connectivity index (χ3n) is 2.65. The third kappa shape index (κ3) is 2.78. The van der Waals surface area contributed by atoms with Gasteiger partial charge in [0.05, 0.1) is 11.3 Å². The Morgan fingerprint density at radius 2 is 1.76 bits per heavy atom. The number of nitrogens with one attached hydrogen (secondary N) is 2. The molecule has 8 heteroatoms. The molecule has 1 amide bonds. The van der Waals surface area contributed by atoms with Crippen molar-refractivity contribution < 1.29 is 22.4 Å². The predicted molar refractivity (Wildman–Crippen MR) is 68.0 cm³/mol. The molecule has 21 heavy (non-hydrogen) atoms. The molecular formula is C13H9F4N3O. The molecule has 2 aromatic rings. The molecule has 1 aromatic heterocycles. The van der Waals surface area contributed by atoms with Gasteiger partial charge < -0.3 is 10.6 Å². The Morgan fingerprint density at radius 3 is 2.43 bits per heavy atom. The number of nitrogens with zero attached hydrogens (tertiary/aromatic N) is 1. The van der Waals surface area contributed by atoms with Crippen LogP contribution < -0.4 is 10.6 Å². The SMILES string of the molecule is CNc1nccc(C(=O)Nc2ccc(F)c(F)c2F)c1F. The van der Waals surface area contributed by atoms with Crippen molar-refractivity contribution in [3.8, 4) is 0 Å². The molecule has 0 aliphatic heterocycles. The number of anilines is 2. The number of amides is 1. The number of hydrogen-bond acceptors (Lipinski definition) is 3. The van der Waals surface area contributed by atoms with E-state index in [2.05, 4.69) is 10.3 Å². The Labute approximate surface area is 116 Å². The van der Waals surface area contributed by atoms with Crippen LogP contribution in [0.2, 0.25) is 0 Å². The van der Waals surface area contributed by atoms with Crippen molar-refractivity contribution in [2.75, 3.05) is 17.7 Å². The van der Waals surface area contributed by atoms with Crippen molar-refractivity contribution in [3.63, 3.8) is 0 Å². The minimum Gasteiger partial charge on any atom is -0.371 e. The summed E-state index contributed by atoms with van der Waals surface area (Å²) in [5.74, 6) is -6.81. The Morgan fingerprint density at radius 1 is 1.05 bits per heavy atom. The second-order valence-corrected chi connectivity index (χ2v) is 3.95. The van der Waals surface area contributed by atoms with Crippen molar-refractivity contribution in [3.05, 3.63) is 53.2 Å². The molecule has 0 atom stereocenters. The van der Waals surface area contributed by atoms with E-state index >= 15 is 0 Å². The highest BCUT2D eigenvalue weighted by molar-refractivity contribution is 6.04. The lowest BCUT2D eigenvalue weighted by Crippen LogP contribution is -2.16. The second kappa shape index (κ2) is 5.78. The monoisotopic (exact) mass is 299 g/mol. The van der Waals surface area contributed by atoms with Crippen LogP contribution in [0.5, 0.6) is 0 Å². The average Bonchev–Trinajstić information content (AvgIpc) is 2.48. The molecule has 0 spiro atoms. The largest absolute Gasteiger partial charge is 0.371 e. The van der Waals surface area contributed by atoms with Gasteiger partial charge in [-0.05, 0) is 18.2 Å². The zero-order valence-corrected chi connectivity index (χ0v) is 10.7. The molecule has 2 N–H and O–H groups in total. The van der Waals surface area contributed by atoms with Gasteiger partial charge in [-0.15, -0.1) is 0 Å². The third-order valence-corrected chi connectivity index (χ3v) is 2.65. The number of hydrogen-bond donors (Lipinski definition) is 2. The van der Waals surface area contributed by atoms with Gasteiger partial charge in [-0.2, -0.15) is 0 Å². The van der Waals surface area contributed by atoms with Crippen LogP contribution >= 0.6 is 0 Å². The molecule has 0 saturated heterocycles. The maximum atomic E-state index is 13.9. The Bertz CT molecular complexity index is 706. The smallest absolute Gasteiger partial charge is 0.258 e. The average molecular weight is 299 g/mol. The topological polar surface area (TPSA) is 54.0 Å². The Hall–Kier alpha value is -2.64. The normalized spacial score (nSPS) is 10.3. The Balaban J connectivity index is 2.33. The Kier molecular flexibility index (Phi) is 4.06. The number of benzene rings is 1. The lowest BCUT2D eigenvalue weighted by atomic mass is 10.2. The van der Waals surface area contributed by atoms with Crippen molar-refractivity contribution in [1.29, 1.82) is 0 Å². The molecule has 1 heterocycles. The second-order valence-electron chi connectivity index (χ2n) is 3.95. The first-order valence-electron chi connectivity index (χ1n) is 5.72. The molecule has 0 radical (unpaired) electrons. The zero-order chi connectivity index (χ0) is 15.6. The molecule has 0 saturated carbocycles. The molecule has 4 nitrogen and oxygen atoms in total. The number of carbonyl (C=O) groups excluding carboxylic acids is 1. The molecule has 110 valence electrons. The van der Waals surface area contributed by atoms with E-state index in [4.69, 9.17) is 0 Å². The highest BCUT2D eigenvalue weighted by Crippen LogP contribution is 2.21. The highest BCUT2D eigenvalue weighted by Gasteiger charge is 2.19. The van der Waals surface area contributed by atoms with Crippen LogP contribution in [-0.4, -0.2) is 17.9 Å². The fourth-order valence-corrected chi connectivity index (χ4v) is 1.61. The molecule has 0 aliphatic rings. The van der Waals surface area contributed by atoms with E-state index < -0.39 is 40.4 Å². The van der Waals surface area contributed by atoms with Gasteiger partial charge in [0.25, 0.3) is 5.91 Å².